The van der Waals surface area contributed by atoms with Gasteiger partial charge in [-0.25, -0.2) is 9.78 Å². The monoisotopic (exact) mass is 244 g/mol. The number of fused-ring (bicyclic) bond motifs is 1. The molecule has 94 valence electrons. The molecule has 0 aliphatic heterocycles. The number of nitrogens with one attached hydrogen (secondary N) is 1. The van der Waals surface area contributed by atoms with E-state index in [1.54, 1.807) is 18.3 Å². The number of aromatic carboxylic acids is 1. The predicted octanol–water partition coefficient (Wildman–Crippen LogP) is 3.15. The molecular formula is C14H16N2O2. The van der Waals surface area contributed by atoms with Crippen molar-refractivity contribution in [3.05, 3.63) is 36.0 Å². The molecule has 0 aliphatic carbocycles. The van der Waals surface area contributed by atoms with Crippen molar-refractivity contribution in [1.82, 2.24) is 4.98 Å². The summed E-state index contributed by atoms with van der Waals surface area (Å²) in [7, 11) is 0. The Labute approximate surface area is 106 Å². The molecule has 1 aromatic heterocycles. The van der Waals surface area contributed by atoms with Gasteiger partial charge in [0, 0.05) is 18.1 Å². The van der Waals surface area contributed by atoms with Gasteiger partial charge in [-0.15, -0.1) is 0 Å². The number of rotatable bonds is 5. The van der Waals surface area contributed by atoms with Crippen LogP contribution in [0.4, 0.5) is 5.82 Å². The predicted molar refractivity (Wildman–Crippen MR) is 72.1 cm³/mol. The van der Waals surface area contributed by atoms with Gasteiger partial charge >= 0.3 is 5.97 Å². The third-order valence-corrected chi connectivity index (χ3v) is 2.84. The SMILES string of the molecule is CCCCNc1nccc2cccc(C(=O)O)c12. The summed E-state index contributed by atoms with van der Waals surface area (Å²) in [5.41, 5.74) is 0.291. The number of anilines is 1. The van der Waals surface area contributed by atoms with E-state index < -0.39 is 5.97 Å². The maximum absolute atomic E-state index is 11.2. The highest BCUT2D eigenvalue weighted by Crippen LogP contribution is 2.25. The highest BCUT2D eigenvalue weighted by molar-refractivity contribution is 6.08. The van der Waals surface area contributed by atoms with Crippen molar-refractivity contribution in [2.75, 3.05) is 11.9 Å². The molecule has 1 heterocycles. The molecule has 0 unspecified atom stereocenters. The molecule has 0 spiro atoms. The van der Waals surface area contributed by atoms with Gasteiger partial charge in [-0.1, -0.05) is 25.5 Å². The molecule has 0 aliphatic rings. The van der Waals surface area contributed by atoms with Gasteiger partial charge in [0.1, 0.15) is 5.82 Å². The van der Waals surface area contributed by atoms with Crippen LogP contribution in [0.3, 0.4) is 0 Å². The lowest BCUT2D eigenvalue weighted by Gasteiger charge is -2.10. The van der Waals surface area contributed by atoms with Gasteiger partial charge in [-0.05, 0) is 23.9 Å². The van der Waals surface area contributed by atoms with Crippen molar-refractivity contribution in [3.63, 3.8) is 0 Å². The Balaban J connectivity index is 2.48. The highest BCUT2D eigenvalue weighted by atomic mass is 16.4. The average Bonchev–Trinajstić information content (AvgIpc) is 2.38. The van der Waals surface area contributed by atoms with Gasteiger partial charge in [0.2, 0.25) is 0 Å². The van der Waals surface area contributed by atoms with Crippen LogP contribution in [-0.4, -0.2) is 22.6 Å². The number of carboxylic acids is 1. The van der Waals surface area contributed by atoms with E-state index in [-0.39, 0.29) is 0 Å². The number of benzene rings is 1. The van der Waals surface area contributed by atoms with Crippen LogP contribution in [0.1, 0.15) is 30.1 Å². The molecule has 0 saturated heterocycles. The van der Waals surface area contributed by atoms with Crippen LogP contribution >= 0.6 is 0 Å². The standard InChI is InChI=1S/C14H16N2O2/c1-2-3-8-15-13-12-10(7-9-16-13)5-4-6-11(12)14(17)18/h4-7,9H,2-3,8H2,1H3,(H,15,16)(H,17,18). The molecule has 2 N–H and O–H groups in total. The van der Waals surface area contributed by atoms with Gasteiger partial charge in [-0.2, -0.15) is 0 Å². The minimum absolute atomic E-state index is 0.291. The van der Waals surface area contributed by atoms with E-state index in [0.717, 1.165) is 24.8 Å². The summed E-state index contributed by atoms with van der Waals surface area (Å²) in [6.07, 6.45) is 3.82. The second kappa shape index (κ2) is 5.49. The third-order valence-electron chi connectivity index (χ3n) is 2.84. The fourth-order valence-electron chi connectivity index (χ4n) is 1.93. The molecule has 4 nitrogen and oxygen atoms in total. The minimum Gasteiger partial charge on any atom is -0.478 e. The number of hydrogen-bond acceptors (Lipinski definition) is 3. The first-order chi connectivity index (χ1) is 8.74. The van der Waals surface area contributed by atoms with Crippen molar-refractivity contribution < 1.29 is 9.90 Å². The lowest BCUT2D eigenvalue weighted by molar-refractivity contribution is 0.0699. The molecule has 0 fully saturated rings. The fraction of sp³-hybridized carbons (Fsp3) is 0.286. The van der Waals surface area contributed by atoms with E-state index in [1.165, 1.54) is 0 Å². The first-order valence-electron chi connectivity index (χ1n) is 6.09. The molecule has 0 atom stereocenters. The Morgan fingerprint density at radius 3 is 2.94 bits per heavy atom. The second-order valence-electron chi connectivity index (χ2n) is 4.15. The number of aromatic nitrogens is 1. The quantitative estimate of drug-likeness (QED) is 0.793. The van der Waals surface area contributed by atoms with E-state index in [1.807, 2.05) is 12.1 Å². The zero-order valence-corrected chi connectivity index (χ0v) is 10.3. The Morgan fingerprint density at radius 1 is 1.39 bits per heavy atom. The van der Waals surface area contributed by atoms with Crippen LogP contribution in [0.15, 0.2) is 30.5 Å². The summed E-state index contributed by atoms with van der Waals surface area (Å²) >= 11 is 0. The number of unbranched alkanes of at least 4 members (excludes halogenated alkanes) is 1. The first-order valence-corrected chi connectivity index (χ1v) is 6.09. The molecule has 0 bridgehead atoms. The molecule has 2 rings (SSSR count). The van der Waals surface area contributed by atoms with Crippen LogP contribution < -0.4 is 5.32 Å². The van der Waals surface area contributed by atoms with Gasteiger partial charge in [0.15, 0.2) is 0 Å². The normalized spacial score (nSPS) is 10.5. The van der Waals surface area contributed by atoms with E-state index in [0.29, 0.717) is 16.8 Å². The van der Waals surface area contributed by atoms with E-state index in [4.69, 9.17) is 0 Å². The molecular weight excluding hydrogens is 228 g/mol. The Bertz CT molecular complexity index is 561. The summed E-state index contributed by atoms with van der Waals surface area (Å²) < 4.78 is 0. The van der Waals surface area contributed by atoms with Crippen molar-refractivity contribution in [2.24, 2.45) is 0 Å². The Hall–Kier alpha value is -2.10. The zero-order valence-electron chi connectivity index (χ0n) is 10.3. The summed E-state index contributed by atoms with van der Waals surface area (Å²) in [5.74, 6) is -0.272. The van der Waals surface area contributed by atoms with E-state index in [9.17, 15) is 9.90 Å². The average molecular weight is 244 g/mol. The van der Waals surface area contributed by atoms with Gasteiger partial charge in [-0.3, -0.25) is 0 Å². The van der Waals surface area contributed by atoms with Crippen molar-refractivity contribution >= 4 is 22.6 Å². The number of nitrogens with zero attached hydrogens (tertiary/aromatic N) is 1. The van der Waals surface area contributed by atoms with Crippen molar-refractivity contribution in [1.29, 1.82) is 0 Å². The third kappa shape index (κ3) is 2.42. The zero-order chi connectivity index (χ0) is 13.0. The first kappa shape index (κ1) is 12.4. The van der Waals surface area contributed by atoms with Crippen LogP contribution in [0.25, 0.3) is 10.8 Å². The number of carboxylic acid groups (broad SMARTS) is 1. The van der Waals surface area contributed by atoms with Crippen molar-refractivity contribution in [3.8, 4) is 0 Å². The van der Waals surface area contributed by atoms with E-state index in [2.05, 4.69) is 17.2 Å². The molecule has 0 radical (unpaired) electrons. The number of carbonyl (C=O) groups is 1. The van der Waals surface area contributed by atoms with Crippen LogP contribution in [0, 0.1) is 0 Å². The maximum Gasteiger partial charge on any atom is 0.336 e. The number of hydrogen-bond donors (Lipinski definition) is 2. The Morgan fingerprint density at radius 2 is 2.22 bits per heavy atom. The van der Waals surface area contributed by atoms with Gasteiger partial charge in [0.25, 0.3) is 0 Å². The summed E-state index contributed by atoms with van der Waals surface area (Å²) in [6.45, 7) is 2.91. The summed E-state index contributed by atoms with van der Waals surface area (Å²) in [5, 5.41) is 14.0. The maximum atomic E-state index is 11.2. The smallest absolute Gasteiger partial charge is 0.336 e. The molecule has 2 aromatic rings. The number of pyridine rings is 1. The van der Waals surface area contributed by atoms with Gasteiger partial charge in [0.05, 0.1) is 5.56 Å². The van der Waals surface area contributed by atoms with Gasteiger partial charge < -0.3 is 10.4 Å². The summed E-state index contributed by atoms with van der Waals surface area (Å²) in [6, 6.07) is 7.08. The fourth-order valence-corrected chi connectivity index (χ4v) is 1.93. The molecule has 1 aromatic carbocycles. The molecule has 0 saturated carbocycles. The van der Waals surface area contributed by atoms with Crippen LogP contribution in [0.2, 0.25) is 0 Å². The largest absolute Gasteiger partial charge is 0.478 e. The van der Waals surface area contributed by atoms with Crippen molar-refractivity contribution in [2.45, 2.75) is 19.8 Å². The highest BCUT2D eigenvalue weighted by Gasteiger charge is 2.12. The lowest BCUT2D eigenvalue weighted by atomic mass is 10.1. The van der Waals surface area contributed by atoms with Crippen LogP contribution in [-0.2, 0) is 0 Å². The molecule has 18 heavy (non-hydrogen) atoms. The minimum atomic E-state index is -0.924. The lowest BCUT2D eigenvalue weighted by Crippen LogP contribution is -2.06. The second-order valence-corrected chi connectivity index (χ2v) is 4.15. The Kier molecular flexibility index (Phi) is 3.77. The topological polar surface area (TPSA) is 62.2 Å². The van der Waals surface area contributed by atoms with Crippen LogP contribution in [0.5, 0.6) is 0 Å². The summed E-state index contributed by atoms with van der Waals surface area (Å²) in [4.78, 5) is 15.5. The molecule has 4 heteroatoms. The van der Waals surface area contributed by atoms with E-state index >= 15 is 0 Å². The molecule has 0 amide bonds.